The summed E-state index contributed by atoms with van der Waals surface area (Å²) in [6, 6.07) is 7.89. The van der Waals surface area contributed by atoms with Crippen LogP contribution in [0.5, 0.6) is 0 Å². The minimum Gasteiger partial charge on any atom is -0.481 e. The molecule has 0 amide bonds. The summed E-state index contributed by atoms with van der Waals surface area (Å²) in [5.41, 5.74) is 3.13. The Morgan fingerprint density at radius 3 is 2.81 bits per heavy atom. The molecule has 3 aromatic rings. The van der Waals surface area contributed by atoms with Gasteiger partial charge in [0, 0.05) is 23.4 Å². The maximum atomic E-state index is 13.4. The van der Waals surface area contributed by atoms with E-state index in [2.05, 4.69) is 0 Å². The molecule has 0 radical (unpaired) electrons. The molecule has 4 rings (SSSR count). The van der Waals surface area contributed by atoms with Crippen LogP contribution in [-0.4, -0.2) is 20.6 Å². The molecular formula is C21H22N2O3S. The van der Waals surface area contributed by atoms with Crippen molar-refractivity contribution in [3.63, 3.8) is 0 Å². The fraction of sp³-hybridized carbons (Fsp3) is 0.381. The third-order valence-electron chi connectivity index (χ3n) is 5.23. The van der Waals surface area contributed by atoms with E-state index in [0.29, 0.717) is 18.8 Å². The second-order valence-electron chi connectivity index (χ2n) is 7.10. The SMILES string of the molecule is Cc1ccccc1-c1nc2sc3c(c2c(=O)n1CCCC(=O)O)CCCC3. The number of benzene rings is 1. The van der Waals surface area contributed by atoms with Crippen molar-refractivity contribution < 1.29 is 9.90 Å². The Hall–Kier alpha value is -2.47. The number of carbonyl (C=O) groups is 1. The van der Waals surface area contributed by atoms with Gasteiger partial charge in [0.25, 0.3) is 5.56 Å². The smallest absolute Gasteiger partial charge is 0.303 e. The van der Waals surface area contributed by atoms with Gasteiger partial charge in [0.15, 0.2) is 0 Å². The van der Waals surface area contributed by atoms with Crippen molar-refractivity contribution in [2.75, 3.05) is 0 Å². The molecule has 0 fully saturated rings. The first kappa shape index (κ1) is 17.9. The lowest BCUT2D eigenvalue weighted by atomic mass is 9.97. The number of aromatic nitrogens is 2. The van der Waals surface area contributed by atoms with Gasteiger partial charge >= 0.3 is 5.97 Å². The minimum absolute atomic E-state index is 0.0250. The van der Waals surface area contributed by atoms with Crippen LogP contribution in [0.2, 0.25) is 0 Å². The third-order valence-corrected chi connectivity index (χ3v) is 6.42. The highest BCUT2D eigenvalue weighted by atomic mass is 32.1. The average Bonchev–Trinajstić information content (AvgIpc) is 3.02. The summed E-state index contributed by atoms with van der Waals surface area (Å²) in [6.45, 7) is 2.37. The molecule has 0 saturated carbocycles. The van der Waals surface area contributed by atoms with Gasteiger partial charge in [0.2, 0.25) is 0 Å². The average molecular weight is 382 g/mol. The summed E-state index contributed by atoms with van der Waals surface area (Å²) in [4.78, 5) is 31.4. The summed E-state index contributed by atoms with van der Waals surface area (Å²) in [5.74, 6) is -0.197. The van der Waals surface area contributed by atoms with Crippen molar-refractivity contribution in [3.8, 4) is 11.4 Å². The van der Waals surface area contributed by atoms with Gasteiger partial charge in [0.1, 0.15) is 10.7 Å². The summed E-state index contributed by atoms with van der Waals surface area (Å²) in [7, 11) is 0. The highest BCUT2D eigenvalue weighted by Crippen LogP contribution is 2.35. The van der Waals surface area contributed by atoms with E-state index in [1.54, 1.807) is 15.9 Å². The van der Waals surface area contributed by atoms with Gasteiger partial charge in [-0.05, 0) is 50.2 Å². The second kappa shape index (κ2) is 7.27. The second-order valence-corrected chi connectivity index (χ2v) is 8.18. The van der Waals surface area contributed by atoms with E-state index in [-0.39, 0.29) is 12.0 Å². The number of hydrogen-bond donors (Lipinski definition) is 1. The van der Waals surface area contributed by atoms with Gasteiger partial charge in [-0.15, -0.1) is 11.3 Å². The lowest BCUT2D eigenvalue weighted by Gasteiger charge is -2.15. The quantitative estimate of drug-likeness (QED) is 0.719. The highest BCUT2D eigenvalue weighted by molar-refractivity contribution is 7.18. The van der Waals surface area contributed by atoms with Gasteiger partial charge in [0.05, 0.1) is 5.39 Å². The van der Waals surface area contributed by atoms with E-state index in [0.717, 1.165) is 47.0 Å². The van der Waals surface area contributed by atoms with Crippen molar-refractivity contribution in [2.45, 2.75) is 52.0 Å². The maximum absolute atomic E-state index is 13.4. The van der Waals surface area contributed by atoms with Crippen LogP contribution in [0.15, 0.2) is 29.1 Å². The lowest BCUT2D eigenvalue weighted by molar-refractivity contribution is -0.137. The molecule has 27 heavy (non-hydrogen) atoms. The minimum atomic E-state index is -0.845. The number of aliphatic carboxylic acids is 1. The Morgan fingerprint density at radius 2 is 2.04 bits per heavy atom. The van der Waals surface area contributed by atoms with Crippen LogP contribution in [0.3, 0.4) is 0 Å². The van der Waals surface area contributed by atoms with E-state index in [1.807, 2.05) is 31.2 Å². The number of hydrogen-bond acceptors (Lipinski definition) is 4. The topological polar surface area (TPSA) is 72.2 Å². The number of carboxylic acids is 1. The van der Waals surface area contributed by atoms with Crippen molar-refractivity contribution in [1.29, 1.82) is 0 Å². The van der Waals surface area contributed by atoms with E-state index in [1.165, 1.54) is 10.4 Å². The standard InChI is InChI=1S/C21H22N2O3S/c1-13-7-2-3-8-14(13)19-22-20-18(15-9-4-5-10-16(15)27-20)21(26)23(19)12-6-11-17(24)25/h2-3,7-8H,4-6,9-12H2,1H3,(H,24,25). The van der Waals surface area contributed by atoms with Crippen molar-refractivity contribution in [2.24, 2.45) is 0 Å². The molecule has 1 N–H and O–H groups in total. The third kappa shape index (κ3) is 3.30. The Kier molecular flexibility index (Phi) is 4.83. The number of thiophene rings is 1. The summed E-state index contributed by atoms with van der Waals surface area (Å²) < 4.78 is 1.69. The first-order valence-corrected chi connectivity index (χ1v) is 10.2. The van der Waals surface area contributed by atoms with Gasteiger partial charge in [-0.25, -0.2) is 4.98 Å². The molecule has 2 aromatic heterocycles. The summed E-state index contributed by atoms with van der Waals surface area (Å²) in [6.07, 6.45) is 4.68. The Bertz CT molecular complexity index is 1080. The molecule has 0 bridgehead atoms. The van der Waals surface area contributed by atoms with E-state index in [9.17, 15) is 9.59 Å². The Balaban J connectivity index is 1.93. The van der Waals surface area contributed by atoms with E-state index >= 15 is 0 Å². The van der Waals surface area contributed by atoms with Crippen LogP contribution in [0.4, 0.5) is 0 Å². The fourth-order valence-corrected chi connectivity index (χ4v) is 5.12. The molecule has 2 heterocycles. The van der Waals surface area contributed by atoms with Crippen molar-refractivity contribution >= 4 is 27.5 Å². The largest absolute Gasteiger partial charge is 0.481 e. The van der Waals surface area contributed by atoms with Crippen LogP contribution in [0.1, 0.15) is 41.7 Å². The molecule has 0 aliphatic heterocycles. The van der Waals surface area contributed by atoms with Gasteiger partial charge in [-0.2, -0.15) is 0 Å². The molecule has 6 heteroatoms. The first-order valence-electron chi connectivity index (χ1n) is 9.39. The predicted molar refractivity (Wildman–Crippen MR) is 108 cm³/mol. The molecule has 0 atom stereocenters. The molecule has 0 saturated heterocycles. The molecule has 1 aromatic carbocycles. The predicted octanol–water partition coefficient (Wildman–Crippen LogP) is 4.18. The summed E-state index contributed by atoms with van der Waals surface area (Å²) >= 11 is 1.65. The first-order chi connectivity index (χ1) is 13.1. The van der Waals surface area contributed by atoms with Crippen molar-refractivity contribution in [3.05, 3.63) is 50.6 Å². The van der Waals surface area contributed by atoms with Gasteiger partial charge < -0.3 is 5.11 Å². The molecule has 1 aliphatic carbocycles. The molecule has 1 aliphatic rings. The van der Waals surface area contributed by atoms with E-state index < -0.39 is 5.97 Å². The number of aryl methyl sites for hydroxylation is 3. The number of nitrogens with zero attached hydrogens (tertiary/aromatic N) is 2. The zero-order valence-electron chi connectivity index (χ0n) is 15.3. The zero-order valence-corrected chi connectivity index (χ0v) is 16.1. The summed E-state index contributed by atoms with van der Waals surface area (Å²) in [5, 5.41) is 9.74. The zero-order chi connectivity index (χ0) is 19.0. The Morgan fingerprint density at radius 1 is 1.26 bits per heavy atom. The highest BCUT2D eigenvalue weighted by Gasteiger charge is 2.23. The monoisotopic (exact) mass is 382 g/mol. The van der Waals surface area contributed by atoms with Crippen LogP contribution >= 0.6 is 11.3 Å². The van der Waals surface area contributed by atoms with Crippen LogP contribution < -0.4 is 5.56 Å². The maximum Gasteiger partial charge on any atom is 0.303 e. The van der Waals surface area contributed by atoms with Crippen LogP contribution in [0, 0.1) is 6.92 Å². The number of fused-ring (bicyclic) bond motifs is 3. The van der Waals surface area contributed by atoms with Crippen LogP contribution in [-0.2, 0) is 24.2 Å². The van der Waals surface area contributed by atoms with Gasteiger partial charge in [-0.3, -0.25) is 14.2 Å². The fourth-order valence-electron chi connectivity index (χ4n) is 3.86. The van der Waals surface area contributed by atoms with Crippen molar-refractivity contribution in [1.82, 2.24) is 9.55 Å². The van der Waals surface area contributed by atoms with E-state index in [4.69, 9.17) is 10.1 Å². The normalized spacial score (nSPS) is 13.7. The molecular weight excluding hydrogens is 360 g/mol. The Labute approximate surface area is 161 Å². The number of carboxylic acid groups (broad SMARTS) is 1. The molecule has 140 valence electrons. The lowest BCUT2D eigenvalue weighted by Crippen LogP contribution is -2.24. The molecule has 0 spiro atoms. The number of rotatable bonds is 5. The van der Waals surface area contributed by atoms with Gasteiger partial charge in [-0.1, -0.05) is 24.3 Å². The molecule has 0 unspecified atom stereocenters. The molecule has 5 nitrogen and oxygen atoms in total. The van der Waals surface area contributed by atoms with Crippen LogP contribution in [0.25, 0.3) is 21.6 Å².